The second-order valence-electron chi connectivity index (χ2n) is 5.68. The van der Waals surface area contributed by atoms with Crippen LogP contribution in [0.25, 0.3) is 0 Å². The highest BCUT2D eigenvalue weighted by Crippen LogP contribution is 2.29. The van der Waals surface area contributed by atoms with Gasteiger partial charge in [-0.15, -0.1) is 0 Å². The lowest BCUT2D eigenvalue weighted by Gasteiger charge is -2.11. The van der Waals surface area contributed by atoms with E-state index in [9.17, 15) is 5.11 Å². The Labute approximate surface area is 124 Å². The highest BCUT2D eigenvalue weighted by molar-refractivity contribution is 5.32. The van der Waals surface area contributed by atoms with Crippen LogP contribution in [-0.2, 0) is 6.42 Å². The van der Waals surface area contributed by atoms with Crippen molar-refractivity contribution < 1.29 is 5.11 Å². The molecular formula is C17H19N3O. The molecule has 0 amide bonds. The third-order valence-corrected chi connectivity index (χ3v) is 4.19. The standard InChI is InChI=1S/C17H19N3O/c18-12-13-5-7-14(8-6-13)17(21)11-15-9-10-20(19-15)16-3-1-2-4-16/h5-10,16-17,21H,1-4,11H2. The van der Waals surface area contributed by atoms with Crippen molar-refractivity contribution in [2.24, 2.45) is 0 Å². The number of rotatable bonds is 4. The second-order valence-corrected chi connectivity index (χ2v) is 5.68. The van der Waals surface area contributed by atoms with Gasteiger partial charge in [-0.25, -0.2) is 0 Å². The van der Waals surface area contributed by atoms with Crippen molar-refractivity contribution in [3.05, 3.63) is 53.3 Å². The first kappa shape index (κ1) is 13.8. The summed E-state index contributed by atoms with van der Waals surface area (Å²) in [6.07, 6.45) is 6.94. The van der Waals surface area contributed by atoms with Crippen molar-refractivity contribution in [2.45, 2.75) is 44.2 Å². The molecule has 0 bridgehead atoms. The maximum Gasteiger partial charge on any atom is 0.0991 e. The zero-order valence-corrected chi connectivity index (χ0v) is 11.9. The highest BCUT2D eigenvalue weighted by atomic mass is 16.3. The Kier molecular flexibility index (Phi) is 4.03. The fourth-order valence-corrected chi connectivity index (χ4v) is 2.95. The van der Waals surface area contributed by atoms with Crippen LogP contribution in [0.2, 0.25) is 0 Å². The van der Waals surface area contributed by atoms with Crippen molar-refractivity contribution in [2.75, 3.05) is 0 Å². The zero-order valence-electron chi connectivity index (χ0n) is 11.9. The molecule has 4 heteroatoms. The van der Waals surface area contributed by atoms with E-state index in [-0.39, 0.29) is 0 Å². The van der Waals surface area contributed by atoms with Crippen molar-refractivity contribution in [3.63, 3.8) is 0 Å². The largest absolute Gasteiger partial charge is 0.388 e. The molecule has 0 saturated heterocycles. The third-order valence-electron chi connectivity index (χ3n) is 4.19. The Morgan fingerprint density at radius 2 is 1.95 bits per heavy atom. The molecule has 0 aliphatic heterocycles. The van der Waals surface area contributed by atoms with Crippen LogP contribution in [-0.4, -0.2) is 14.9 Å². The molecule has 3 rings (SSSR count). The maximum absolute atomic E-state index is 10.3. The summed E-state index contributed by atoms with van der Waals surface area (Å²) in [7, 11) is 0. The Hall–Kier alpha value is -2.12. The average Bonchev–Trinajstić information content (AvgIpc) is 3.18. The van der Waals surface area contributed by atoms with Gasteiger partial charge in [0.1, 0.15) is 0 Å². The molecule has 0 radical (unpaired) electrons. The quantitative estimate of drug-likeness (QED) is 0.936. The van der Waals surface area contributed by atoms with Gasteiger partial charge in [0.25, 0.3) is 0 Å². The lowest BCUT2D eigenvalue weighted by Crippen LogP contribution is -2.07. The molecule has 1 aliphatic carbocycles. The van der Waals surface area contributed by atoms with E-state index in [1.165, 1.54) is 25.7 Å². The Bertz CT molecular complexity index is 633. The van der Waals surface area contributed by atoms with Crippen LogP contribution in [0.15, 0.2) is 36.5 Å². The van der Waals surface area contributed by atoms with Gasteiger partial charge < -0.3 is 5.11 Å². The molecule has 1 aromatic carbocycles. The van der Waals surface area contributed by atoms with Crippen LogP contribution < -0.4 is 0 Å². The van der Waals surface area contributed by atoms with E-state index < -0.39 is 6.10 Å². The van der Waals surface area contributed by atoms with Crippen molar-refractivity contribution in [3.8, 4) is 6.07 Å². The molecule has 1 fully saturated rings. The summed E-state index contributed by atoms with van der Waals surface area (Å²) in [6.45, 7) is 0. The SMILES string of the molecule is N#Cc1ccc(C(O)Cc2ccn(C3CCCC3)n2)cc1. The average molecular weight is 281 g/mol. The summed E-state index contributed by atoms with van der Waals surface area (Å²) in [5.41, 5.74) is 2.35. The fourth-order valence-electron chi connectivity index (χ4n) is 2.95. The predicted octanol–water partition coefficient (Wildman–Crippen LogP) is 3.15. The first-order chi connectivity index (χ1) is 10.3. The molecule has 1 heterocycles. The van der Waals surface area contributed by atoms with E-state index in [4.69, 9.17) is 5.26 Å². The molecule has 1 unspecified atom stereocenters. The Morgan fingerprint density at radius 1 is 1.24 bits per heavy atom. The smallest absolute Gasteiger partial charge is 0.0991 e. The molecular weight excluding hydrogens is 262 g/mol. The minimum atomic E-state index is -0.579. The predicted molar refractivity (Wildman–Crippen MR) is 79.6 cm³/mol. The van der Waals surface area contributed by atoms with Crippen LogP contribution in [0.3, 0.4) is 0 Å². The number of aliphatic hydroxyl groups excluding tert-OH is 1. The van der Waals surface area contributed by atoms with Gasteiger partial charge in [0.15, 0.2) is 0 Å². The van der Waals surface area contributed by atoms with E-state index in [1.54, 1.807) is 24.3 Å². The van der Waals surface area contributed by atoms with Gasteiger partial charge in [-0.05, 0) is 36.6 Å². The van der Waals surface area contributed by atoms with E-state index in [0.717, 1.165) is 11.3 Å². The van der Waals surface area contributed by atoms with Crippen LogP contribution in [0.5, 0.6) is 0 Å². The van der Waals surface area contributed by atoms with Crippen LogP contribution >= 0.6 is 0 Å². The van der Waals surface area contributed by atoms with Gasteiger partial charge in [-0.2, -0.15) is 10.4 Å². The number of nitrogens with zero attached hydrogens (tertiary/aromatic N) is 3. The van der Waals surface area contributed by atoms with E-state index in [2.05, 4.69) is 11.2 Å². The van der Waals surface area contributed by atoms with Crippen molar-refractivity contribution >= 4 is 0 Å². The maximum atomic E-state index is 10.3. The molecule has 0 spiro atoms. The molecule has 1 aromatic heterocycles. The summed E-state index contributed by atoms with van der Waals surface area (Å²) in [4.78, 5) is 0. The first-order valence-electron chi connectivity index (χ1n) is 7.48. The number of nitriles is 1. The third kappa shape index (κ3) is 3.14. The van der Waals surface area contributed by atoms with Gasteiger partial charge in [0.2, 0.25) is 0 Å². The molecule has 1 N–H and O–H groups in total. The van der Waals surface area contributed by atoms with Crippen LogP contribution in [0.4, 0.5) is 0 Å². The zero-order chi connectivity index (χ0) is 14.7. The number of hydrogen-bond donors (Lipinski definition) is 1. The summed E-state index contributed by atoms with van der Waals surface area (Å²) in [5.74, 6) is 0. The van der Waals surface area contributed by atoms with Gasteiger partial charge in [0.05, 0.1) is 29.5 Å². The summed E-state index contributed by atoms with van der Waals surface area (Å²) < 4.78 is 2.05. The van der Waals surface area contributed by atoms with Crippen LogP contribution in [0.1, 0.15) is 54.6 Å². The monoisotopic (exact) mass is 281 g/mol. The van der Waals surface area contributed by atoms with Crippen LogP contribution in [0, 0.1) is 11.3 Å². The Morgan fingerprint density at radius 3 is 2.62 bits per heavy atom. The number of aliphatic hydroxyl groups is 1. The number of benzene rings is 1. The Balaban J connectivity index is 1.66. The summed E-state index contributed by atoms with van der Waals surface area (Å²) in [5, 5.41) is 23.7. The number of hydrogen-bond acceptors (Lipinski definition) is 3. The summed E-state index contributed by atoms with van der Waals surface area (Å²) >= 11 is 0. The number of aromatic nitrogens is 2. The van der Waals surface area contributed by atoms with Gasteiger partial charge in [-0.3, -0.25) is 4.68 Å². The molecule has 4 nitrogen and oxygen atoms in total. The molecule has 2 aromatic rings. The molecule has 1 aliphatic rings. The van der Waals surface area contributed by atoms with Gasteiger partial charge in [0, 0.05) is 12.6 Å². The molecule has 1 atom stereocenters. The minimum Gasteiger partial charge on any atom is -0.388 e. The topological polar surface area (TPSA) is 61.8 Å². The molecule has 1 saturated carbocycles. The van der Waals surface area contributed by atoms with E-state index >= 15 is 0 Å². The minimum absolute atomic E-state index is 0.506. The lowest BCUT2D eigenvalue weighted by molar-refractivity contribution is 0.177. The van der Waals surface area contributed by atoms with E-state index in [0.29, 0.717) is 18.0 Å². The molecule has 21 heavy (non-hydrogen) atoms. The second kappa shape index (κ2) is 6.11. The summed E-state index contributed by atoms with van der Waals surface area (Å²) in [6, 6.07) is 11.7. The highest BCUT2D eigenvalue weighted by Gasteiger charge is 2.18. The van der Waals surface area contributed by atoms with E-state index in [1.807, 2.05) is 16.9 Å². The van der Waals surface area contributed by atoms with Crippen molar-refractivity contribution in [1.29, 1.82) is 5.26 Å². The van der Waals surface area contributed by atoms with Gasteiger partial charge in [-0.1, -0.05) is 25.0 Å². The first-order valence-corrected chi connectivity index (χ1v) is 7.48. The fraction of sp³-hybridized carbons (Fsp3) is 0.412. The lowest BCUT2D eigenvalue weighted by atomic mass is 10.0. The van der Waals surface area contributed by atoms with Crippen molar-refractivity contribution in [1.82, 2.24) is 9.78 Å². The molecule has 108 valence electrons. The van der Waals surface area contributed by atoms with Gasteiger partial charge >= 0.3 is 0 Å². The normalized spacial score (nSPS) is 16.8.